The molecular formula is C12H15BrO2. The molecule has 0 amide bonds. The summed E-state index contributed by atoms with van der Waals surface area (Å²) in [6.45, 7) is 2.65. The van der Waals surface area contributed by atoms with Crippen molar-refractivity contribution in [3.63, 3.8) is 0 Å². The number of hydrogen-bond donors (Lipinski definition) is 0. The fourth-order valence-corrected chi connectivity index (χ4v) is 2.43. The third kappa shape index (κ3) is 2.65. The largest absolute Gasteiger partial charge is 0.490 e. The lowest BCUT2D eigenvalue weighted by Crippen LogP contribution is -2.34. The summed E-state index contributed by atoms with van der Waals surface area (Å²) < 4.78 is 11.3. The fraction of sp³-hybridized carbons (Fsp3) is 0.500. The topological polar surface area (TPSA) is 18.5 Å². The van der Waals surface area contributed by atoms with Gasteiger partial charge in [0.15, 0.2) is 11.5 Å². The van der Waals surface area contributed by atoms with Gasteiger partial charge < -0.3 is 9.47 Å². The van der Waals surface area contributed by atoms with Crippen molar-refractivity contribution in [2.45, 2.75) is 30.7 Å². The van der Waals surface area contributed by atoms with E-state index in [4.69, 9.17) is 9.47 Å². The van der Waals surface area contributed by atoms with Crippen LogP contribution in [0.2, 0.25) is 0 Å². The minimum atomic E-state index is 0.344. The predicted octanol–water partition coefficient (Wildman–Crippen LogP) is 3.39. The summed E-state index contributed by atoms with van der Waals surface area (Å²) in [6.07, 6.45) is 2.51. The van der Waals surface area contributed by atoms with E-state index in [0.717, 1.165) is 24.3 Å². The van der Waals surface area contributed by atoms with E-state index in [2.05, 4.69) is 15.9 Å². The number of para-hydroxylation sites is 2. The Balaban J connectivity index is 2.00. The van der Waals surface area contributed by atoms with Gasteiger partial charge >= 0.3 is 0 Å². The Bertz CT molecular complexity index is 321. The monoisotopic (exact) mass is 270 g/mol. The molecule has 0 unspecified atom stereocenters. The second-order valence-corrected chi connectivity index (χ2v) is 4.98. The van der Waals surface area contributed by atoms with Gasteiger partial charge in [0.05, 0.1) is 6.61 Å². The Morgan fingerprint density at radius 3 is 2.53 bits per heavy atom. The number of benzene rings is 1. The van der Waals surface area contributed by atoms with Gasteiger partial charge in [-0.2, -0.15) is 0 Å². The Hall–Kier alpha value is -0.700. The van der Waals surface area contributed by atoms with Crippen LogP contribution < -0.4 is 9.47 Å². The van der Waals surface area contributed by atoms with Gasteiger partial charge in [0, 0.05) is 4.83 Å². The van der Waals surface area contributed by atoms with E-state index >= 15 is 0 Å². The standard InChI is InChI=1S/C12H15BrO2/c1-2-14-11-5-3-4-6-12(11)15-10-7-9(13)8-10/h3-6,9-10H,2,7-8H2,1H3. The van der Waals surface area contributed by atoms with Crippen molar-refractivity contribution in [3.8, 4) is 11.5 Å². The normalized spacial score (nSPS) is 24.4. The van der Waals surface area contributed by atoms with Gasteiger partial charge in [-0.25, -0.2) is 0 Å². The number of ether oxygens (including phenoxy) is 2. The first-order chi connectivity index (χ1) is 7.29. The van der Waals surface area contributed by atoms with E-state index in [1.807, 2.05) is 31.2 Å². The first-order valence-electron chi connectivity index (χ1n) is 5.32. The van der Waals surface area contributed by atoms with Crippen LogP contribution in [0.25, 0.3) is 0 Å². The molecule has 0 saturated heterocycles. The third-order valence-corrected chi connectivity index (χ3v) is 3.23. The Morgan fingerprint density at radius 2 is 1.93 bits per heavy atom. The zero-order chi connectivity index (χ0) is 10.7. The molecule has 1 aliphatic rings. The molecule has 2 nitrogen and oxygen atoms in total. The van der Waals surface area contributed by atoms with Crippen molar-refractivity contribution in [3.05, 3.63) is 24.3 Å². The third-order valence-electron chi connectivity index (χ3n) is 2.48. The minimum absolute atomic E-state index is 0.344. The van der Waals surface area contributed by atoms with Crippen molar-refractivity contribution in [2.75, 3.05) is 6.61 Å². The van der Waals surface area contributed by atoms with Crippen LogP contribution in [0, 0.1) is 0 Å². The summed E-state index contributed by atoms with van der Waals surface area (Å²) in [5.74, 6) is 1.71. The van der Waals surface area contributed by atoms with Crippen LogP contribution in [0.15, 0.2) is 24.3 Å². The second kappa shape index (κ2) is 4.88. The van der Waals surface area contributed by atoms with Gasteiger partial charge in [-0.3, -0.25) is 0 Å². The zero-order valence-electron chi connectivity index (χ0n) is 8.78. The Kier molecular flexibility index (Phi) is 3.52. The molecule has 0 aliphatic heterocycles. The van der Waals surface area contributed by atoms with Crippen molar-refractivity contribution >= 4 is 15.9 Å². The molecule has 0 heterocycles. The summed E-state index contributed by atoms with van der Waals surface area (Å²) in [5, 5.41) is 0. The molecule has 0 N–H and O–H groups in total. The van der Waals surface area contributed by atoms with Gasteiger partial charge in [0.2, 0.25) is 0 Å². The maximum Gasteiger partial charge on any atom is 0.161 e. The molecular weight excluding hydrogens is 256 g/mol. The quantitative estimate of drug-likeness (QED) is 0.781. The van der Waals surface area contributed by atoms with Gasteiger partial charge in [-0.1, -0.05) is 28.1 Å². The molecule has 0 atom stereocenters. The first-order valence-corrected chi connectivity index (χ1v) is 6.23. The molecule has 82 valence electrons. The van der Waals surface area contributed by atoms with Crippen molar-refractivity contribution in [2.24, 2.45) is 0 Å². The van der Waals surface area contributed by atoms with Crippen LogP contribution in [-0.4, -0.2) is 17.5 Å². The van der Waals surface area contributed by atoms with Crippen molar-refractivity contribution in [1.29, 1.82) is 0 Å². The van der Waals surface area contributed by atoms with Gasteiger partial charge in [-0.15, -0.1) is 0 Å². The molecule has 1 saturated carbocycles. The molecule has 2 rings (SSSR count). The summed E-state index contributed by atoms with van der Waals surface area (Å²) in [6, 6.07) is 7.85. The van der Waals surface area contributed by atoms with Crippen LogP contribution in [0.4, 0.5) is 0 Å². The van der Waals surface area contributed by atoms with E-state index in [9.17, 15) is 0 Å². The first kappa shape index (κ1) is 10.8. The van der Waals surface area contributed by atoms with Crippen LogP contribution in [0.1, 0.15) is 19.8 Å². The van der Waals surface area contributed by atoms with Crippen LogP contribution >= 0.6 is 15.9 Å². The van der Waals surface area contributed by atoms with Crippen LogP contribution in [0.3, 0.4) is 0 Å². The highest BCUT2D eigenvalue weighted by atomic mass is 79.9. The molecule has 3 heteroatoms. The molecule has 0 radical (unpaired) electrons. The summed E-state index contributed by atoms with van der Waals surface area (Å²) in [4.78, 5) is 0.627. The molecule has 15 heavy (non-hydrogen) atoms. The number of halogens is 1. The lowest BCUT2D eigenvalue weighted by Gasteiger charge is -2.31. The Morgan fingerprint density at radius 1 is 1.27 bits per heavy atom. The fourth-order valence-electron chi connectivity index (χ4n) is 1.60. The maximum atomic E-state index is 5.85. The van der Waals surface area contributed by atoms with E-state index in [1.165, 1.54) is 0 Å². The lowest BCUT2D eigenvalue weighted by atomic mass is 9.96. The van der Waals surface area contributed by atoms with Gasteiger partial charge in [0.1, 0.15) is 6.10 Å². The van der Waals surface area contributed by atoms with E-state index < -0.39 is 0 Å². The molecule has 1 fully saturated rings. The highest BCUT2D eigenvalue weighted by molar-refractivity contribution is 9.09. The molecule has 0 bridgehead atoms. The van der Waals surface area contributed by atoms with E-state index in [0.29, 0.717) is 17.5 Å². The SMILES string of the molecule is CCOc1ccccc1OC1CC(Br)C1. The number of rotatable bonds is 4. The molecule has 1 aliphatic carbocycles. The number of hydrogen-bond acceptors (Lipinski definition) is 2. The van der Waals surface area contributed by atoms with E-state index in [-0.39, 0.29) is 0 Å². The maximum absolute atomic E-state index is 5.85. The molecule has 0 spiro atoms. The van der Waals surface area contributed by atoms with Gasteiger partial charge in [0.25, 0.3) is 0 Å². The van der Waals surface area contributed by atoms with Crippen LogP contribution in [-0.2, 0) is 0 Å². The lowest BCUT2D eigenvalue weighted by molar-refractivity contribution is 0.122. The smallest absolute Gasteiger partial charge is 0.161 e. The highest BCUT2D eigenvalue weighted by Crippen LogP contribution is 2.34. The molecule has 1 aromatic carbocycles. The second-order valence-electron chi connectivity index (χ2n) is 3.69. The Labute approximate surface area is 98.7 Å². The zero-order valence-corrected chi connectivity index (χ0v) is 10.4. The highest BCUT2D eigenvalue weighted by Gasteiger charge is 2.29. The summed E-state index contributed by atoms with van der Waals surface area (Å²) >= 11 is 3.55. The molecule has 1 aromatic rings. The van der Waals surface area contributed by atoms with Crippen LogP contribution in [0.5, 0.6) is 11.5 Å². The average Bonchev–Trinajstić information content (AvgIpc) is 2.19. The van der Waals surface area contributed by atoms with Crippen molar-refractivity contribution in [1.82, 2.24) is 0 Å². The average molecular weight is 271 g/mol. The van der Waals surface area contributed by atoms with Gasteiger partial charge in [-0.05, 0) is 31.9 Å². The summed E-state index contributed by atoms with van der Waals surface area (Å²) in [7, 11) is 0. The summed E-state index contributed by atoms with van der Waals surface area (Å²) in [5.41, 5.74) is 0. The predicted molar refractivity (Wildman–Crippen MR) is 64.0 cm³/mol. The number of alkyl halides is 1. The van der Waals surface area contributed by atoms with E-state index in [1.54, 1.807) is 0 Å². The molecule has 0 aromatic heterocycles. The van der Waals surface area contributed by atoms with Crippen molar-refractivity contribution < 1.29 is 9.47 Å². The minimum Gasteiger partial charge on any atom is -0.490 e.